The summed E-state index contributed by atoms with van der Waals surface area (Å²) in [5.41, 5.74) is 7.29. The van der Waals surface area contributed by atoms with Gasteiger partial charge in [-0.05, 0) is 59.2 Å². The highest BCUT2D eigenvalue weighted by molar-refractivity contribution is 5.86. The summed E-state index contributed by atoms with van der Waals surface area (Å²) < 4.78 is 5.50. The predicted octanol–water partition coefficient (Wildman–Crippen LogP) is 5.49. The van der Waals surface area contributed by atoms with Crippen LogP contribution in [0.4, 0.5) is 11.4 Å². The van der Waals surface area contributed by atoms with Gasteiger partial charge in [-0.15, -0.1) is 0 Å². The fourth-order valence-electron chi connectivity index (χ4n) is 3.97. The number of ether oxygens (including phenoxy) is 1. The van der Waals surface area contributed by atoms with E-state index in [9.17, 15) is 0 Å². The SMILES string of the molecule is COc1ccc2[nH]cc(C(c3ccc(N(C)C)cc3)c3ccc(N(C)C)cc3)c2c1. The number of rotatable bonds is 6. The molecule has 0 atom stereocenters. The third-order valence-electron chi connectivity index (χ3n) is 5.72. The van der Waals surface area contributed by atoms with Gasteiger partial charge in [0.05, 0.1) is 7.11 Å². The molecule has 1 heterocycles. The Hall–Kier alpha value is -3.40. The fourth-order valence-corrected chi connectivity index (χ4v) is 3.97. The molecule has 0 aliphatic heterocycles. The lowest BCUT2D eigenvalue weighted by Crippen LogP contribution is -2.10. The molecule has 1 aromatic heterocycles. The van der Waals surface area contributed by atoms with E-state index in [4.69, 9.17) is 4.74 Å². The molecule has 0 spiro atoms. The number of nitrogens with one attached hydrogen (secondary N) is 1. The van der Waals surface area contributed by atoms with Crippen LogP contribution in [0.2, 0.25) is 0 Å². The summed E-state index contributed by atoms with van der Waals surface area (Å²) in [6.07, 6.45) is 2.13. The van der Waals surface area contributed by atoms with Crippen LogP contribution in [0, 0.1) is 0 Å². The second kappa shape index (κ2) is 8.15. The monoisotopic (exact) mass is 399 g/mol. The summed E-state index contributed by atoms with van der Waals surface area (Å²) in [5, 5.41) is 1.19. The molecule has 4 rings (SSSR count). The molecule has 30 heavy (non-hydrogen) atoms. The van der Waals surface area contributed by atoms with Crippen molar-refractivity contribution in [1.29, 1.82) is 0 Å². The van der Waals surface area contributed by atoms with Crippen molar-refractivity contribution in [1.82, 2.24) is 4.98 Å². The number of benzene rings is 3. The third kappa shape index (κ3) is 3.73. The molecule has 4 aromatic rings. The summed E-state index contributed by atoms with van der Waals surface area (Å²) >= 11 is 0. The first-order valence-electron chi connectivity index (χ1n) is 10.2. The molecule has 0 aliphatic carbocycles. The zero-order chi connectivity index (χ0) is 21.3. The Labute approximate surface area is 178 Å². The lowest BCUT2D eigenvalue weighted by Gasteiger charge is -2.21. The fraction of sp³-hybridized carbons (Fsp3) is 0.231. The van der Waals surface area contributed by atoms with E-state index < -0.39 is 0 Å². The van der Waals surface area contributed by atoms with Crippen LogP contribution in [0.15, 0.2) is 72.9 Å². The van der Waals surface area contributed by atoms with Gasteiger partial charge < -0.3 is 19.5 Å². The molecule has 3 aromatic carbocycles. The molecule has 0 saturated carbocycles. The molecule has 1 N–H and O–H groups in total. The topological polar surface area (TPSA) is 31.5 Å². The second-order valence-corrected chi connectivity index (χ2v) is 8.06. The number of hydrogen-bond acceptors (Lipinski definition) is 3. The van der Waals surface area contributed by atoms with Crippen LogP contribution in [0.1, 0.15) is 22.6 Å². The van der Waals surface area contributed by atoms with Crippen LogP contribution in [-0.4, -0.2) is 40.3 Å². The number of methoxy groups -OCH3 is 1. The van der Waals surface area contributed by atoms with Gasteiger partial charge in [0.2, 0.25) is 0 Å². The molecule has 0 fully saturated rings. The van der Waals surface area contributed by atoms with Crippen LogP contribution in [0.3, 0.4) is 0 Å². The van der Waals surface area contributed by atoms with E-state index >= 15 is 0 Å². The van der Waals surface area contributed by atoms with Crippen LogP contribution in [-0.2, 0) is 0 Å². The average molecular weight is 400 g/mol. The van der Waals surface area contributed by atoms with E-state index in [0.717, 1.165) is 11.3 Å². The maximum atomic E-state index is 5.50. The first-order valence-corrected chi connectivity index (χ1v) is 10.2. The third-order valence-corrected chi connectivity index (χ3v) is 5.72. The Morgan fingerprint density at radius 1 is 0.733 bits per heavy atom. The maximum absolute atomic E-state index is 5.50. The van der Waals surface area contributed by atoms with E-state index in [1.54, 1.807) is 7.11 Å². The van der Waals surface area contributed by atoms with Crippen molar-refractivity contribution in [3.63, 3.8) is 0 Å². The van der Waals surface area contributed by atoms with Gasteiger partial charge in [0.25, 0.3) is 0 Å². The summed E-state index contributed by atoms with van der Waals surface area (Å²) in [4.78, 5) is 7.70. The molecule has 0 saturated heterocycles. The number of H-pyrrole nitrogens is 1. The van der Waals surface area contributed by atoms with Gasteiger partial charge in [-0.3, -0.25) is 0 Å². The average Bonchev–Trinajstić information content (AvgIpc) is 3.17. The Kier molecular flexibility index (Phi) is 5.40. The molecule has 0 amide bonds. The molecule has 0 radical (unpaired) electrons. The Morgan fingerprint density at radius 2 is 1.27 bits per heavy atom. The molecule has 0 unspecified atom stereocenters. The van der Waals surface area contributed by atoms with Crippen molar-refractivity contribution in [3.8, 4) is 5.75 Å². The number of anilines is 2. The largest absolute Gasteiger partial charge is 0.497 e. The quantitative estimate of drug-likeness (QED) is 0.465. The van der Waals surface area contributed by atoms with E-state index in [0.29, 0.717) is 0 Å². The minimum Gasteiger partial charge on any atom is -0.497 e. The Balaban J connectivity index is 1.87. The highest BCUT2D eigenvalue weighted by atomic mass is 16.5. The highest BCUT2D eigenvalue weighted by Crippen LogP contribution is 2.38. The summed E-state index contributed by atoms with van der Waals surface area (Å²) in [6.45, 7) is 0. The summed E-state index contributed by atoms with van der Waals surface area (Å²) in [6, 6.07) is 23.9. The normalized spacial score (nSPS) is 11.1. The Morgan fingerprint density at radius 3 is 1.73 bits per heavy atom. The minimum atomic E-state index is 0.123. The Bertz CT molecular complexity index is 1070. The number of fused-ring (bicyclic) bond motifs is 1. The lowest BCUT2D eigenvalue weighted by atomic mass is 9.84. The van der Waals surface area contributed by atoms with E-state index in [2.05, 4.69) is 110 Å². The molecule has 4 heteroatoms. The first-order chi connectivity index (χ1) is 14.5. The number of aromatic amines is 1. The van der Waals surface area contributed by atoms with Crippen molar-refractivity contribution in [2.45, 2.75) is 5.92 Å². The lowest BCUT2D eigenvalue weighted by molar-refractivity contribution is 0.415. The second-order valence-electron chi connectivity index (χ2n) is 8.06. The van der Waals surface area contributed by atoms with Crippen LogP contribution < -0.4 is 14.5 Å². The molecule has 0 aliphatic rings. The molecular weight excluding hydrogens is 370 g/mol. The van der Waals surface area contributed by atoms with Crippen molar-refractivity contribution < 1.29 is 4.74 Å². The number of nitrogens with zero attached hydrogens (tertiary/aromatic N) is 2. The summed E-state index contributed by atoms with van der Waals surface area (Å²) in [5.74, 6) is 0.992. The summed E-state index contributed by atoms with van der Waals surface area (Å²) in [7, 11) is 9.98. The predicted molar refractivity (Wildman–Crippen MR) is 127 cm³/mol. The van der Waals surface area contributed by atoms with Crippen LogP contribution in [0.5, 0.6) is 5.75 Å². The van der Waals surface area contributed by atoms with Gasteiger partial charge in [0, 0.05) is 62.6 Å². The van der Waals surface area contributed by atoms with Gasteiger partial charge >= 0.3 is 0 Å². The van der Waals surface area contributed by atoms with Crippen molar-refractivity contribution in [3.05, 3.63) is 89.6 Å². The molecule has 4 nitrogen and oxygen atoms in total. The zero-order valence-electron chi connectivity index (χ0n) is 18.3. The van der Waals surface area contributed by atoms with Gasteiger partial charge in [-0.25, -0.2) is 0 Å². The smallest absolute Gasteiger partial charge is 0.119 e. The maximum Gasteiger partial charge on any atom is 0.119 e. The van der Waals surface area contributed by atoms with E-state index in [-0.39, 0.29) is 5.92 Å². The van der Waals surface area contributed by atoms with E-state index in [1.165, 1.54) is 33.5 Å². The van der Waals surface area contributed by atoms with Gasteiger partial charge in [-0.2, -0.15) is 0 Å². The zero-order valence-corrected chi connectivity index (χ0v) is 18.3. The first kappa shape index (κ1) is 19.9. The van der Waals surface area contributed by atoms with Gasteiger partial charge in [0.1, 0.15) is 5.75 Å². The van der Waals surface area contributed by atoms with E-state index in [1.807, 2.05) is 6.07 Å². The molecular formula is C26H29N3O. The van der Waals surface area contributed by atoms with Gasteiger partial charge in [0.15, 0.2) is 0 Å². The van der Waals surface area contributed by atoms with Crippen LogP contribution >= 0.6 is 0 Å². The van der Waals surface area contributed by atoms with Crippen molar-refractivity contribution >= 4 is 22.3 Å². The van der Waals surface area contributed by atoms with Crippen LogP contribution in [0.25, 0.3) is 10.9 Å². The molecule has 0 bridgehead atoms. The number of aromatic nitrogens is 1. The highest BCUT2D eigenvalue weighted by Gasteiger charge is 2.21. The van der Waals surface area contributed by atoms with Crippen molar-refractivity contribution in [2.75, 3.05) is 45.1 Å². The standard InChI is InChI=1S/C26H29N3O/c1-28(2)20-10-6-18(7-11-20)26(19-8-12-21(13-9-19)29(3)4)24-17-27-25-15-14-22(30-5)16-23(24)25/h6-17,26-27H,1-5H3. The number of hydrogen-bond donors (Lipinski definition) is 1. The van der Waals surface area contributed by atoms with Gasteiger partial charge in [-0.1, -0.05) is 24.3 Å². The minimum absolute atomic E-state index is 0.123. The van der Waals surface area contributed by atoms with Crippen molar-refractivity contribution in [2.24, 2.45) is 0 Å². The molecule has 154 valence electrons.